The summed E-state index contributed by atoms with van der Waals surface area (Å²) in [4.78, 5) is 16.2. The maximum atomic E-state index is 14.0. The van der Waals surface area contributed by atoms with Crippen molar-refractivity contribution in [1.82, 2.24) is 9.21 Å². The molecule has 0 aromatic heterocycles. The van der Waals surface area contributed by atoms with Gasteiger partial charge in [0.25, 0.3) is 0 Å². The molecule has 2 heterocycles. The number of hydrogen-bond donors (Lipinski definition) is 0. The number of amides is 1. The Kier molecular flexibility index (Phi) is 5.90. The van der Waals surface area contributed by atoms with Crippen LogP contribution in [0.1, 0.15) is 58.4 Å². The first kappa shape index (κ1) is 23.3. The Morgan fingerprint density at radius 1 is 1.18 bits per heavy atom. The van der Waals surface area contributed by atoms with E-state index in [1.54, 1.807) is 0 Å². The summed E-state index contributed by atoms with van der Waals surface area (Å²) < 4.78 is 34.4. The predicted octanol–water partition coefficient (Wildman–Crippen LogP) is 3.67. The van der Waals surface area contributed by atoms with Crippen molar-refractivity contribution in [3.63, 3.8) is 0 Å². The quantitative estimate of drug-likeness (QED) is 0.564. The average molecular weight is 475 g/mol. The van der Waals surface area contributed by atoms with E-state index in [1.165, 1.54) is 9.87 Å². The topological polar surface area (TPSA) is 66.9 Å². The van der Waals surface area contributed by atoms with Crippen molar-refractivity contribution in [3.05, 3.63) is 35.9 Å². The van der Waals surface area contributed by atoms with Gasteiger partial charge >= 0.3 is 0 Å². The highest BCUT2D eigenvalue weighted by Crippen LogP contribution is 2.70. The monoisotopic (exact) mass is 474 g/mol. The van der Waals surface area contributed by atoms with Crippen molar-refractivity contribution in [3.8, 4) is 0 Å². The van der Waals surface area contributed by atoms with E-state index in [0.717, 1.165) is 38.6 Å². The first-order chi connectivity index (χ1) is 15.7. The van der Waals surface area contributed by atoms with Gasteiger partial charge in [0.15, 0.2) is 0 Å². The number of sulfonamides is 1. The number of likely N-dealkylation sites (tertiary alicyclic amines) is 1. The van der Waals surface area contributed by atoms with Gasteiger partial charge in [0, 0.05) is 31.7 Å². The highest BCUT2D eigenvalue weighted by Gasteiger charge is 2.72. The average Bonchev–Trinajstić information content (AvgIpc) is 3.41. The molecule has 0 N–H and O–H groups in total. The van der Waals surface area contributed by atoms with Crippen LogP contribution in [0.15, 0.2) is 30.3 Å². The van der Waals surface area contributed by atoms with Crippen LogP contribution in [0.5, 0.6) is 0 Å². The van der Waals surface area contributed by atoms with Crippen molar-refractivity contribution >= 4 is 15.9 Å². The van der Waals surface area contributed by atoms with Gasteiger partial charge in [-0.1, -0.05) is 57.5 Å². The molecule has 4 aliphatic rings. The van der Waals surface area contributed by atoms with Gasteiger partial charge in [-0.15, -0.1) is 0 Å². The number of hydrogen-bond acceptors (Lipinski definition) is 5. The Morgan fingerprint density at radius 3 is 2.64 bits per heavy atom. The lowest BCUT2D eigenvalue weighted by Gasteiger charge is -2.37. The summed E-state index contributed by atoms with van der Waals surface area (Å²) in [7, 11) is -3.61. The standard InChI is InChI=1S/C26H38N2O4S/c1-4-5-13-32-22-17-27(15-19-9-7-6-8-10-19)16-21(22)24(29)28-23-14-20-11-12-26(23,25(20,2)3)18-33(28,30)31/h6-10,20-23H,4-5,11-18H2,1-3H3/t20?,21-,22-,23?,26?/m0/s1. The molecule has 4 fully saturated rings. The third-order valence-electron chi connectivity index (χ3n) is 9.37. The third kappa shape index (κ3) is 3.66. The van der Waals surface area contributed by atoms with Crippen LogP contribution in [-0.2, 0) is 26.1 Å². The second kappa shape index (κ2) is 8.35. The van der Waals surface area contributed by atoms with Gasteiger partial charge in [-0.3, -0.25) is 9.69 Å². The summed E-state index contributed by atoms with van der Waals surface area (Å²) in [5, 5.41) is 0. The molecule has 1 spiro atoms. The van der Waals surface area contributed by atoms with E-state index in [4.69, 9.17) is 4.74 Å². The van der Waals surface area contributed by atoms with E-state index in [9.17, 15) is 13.2 Å². The first-order valence-electron chi connectivity index (χ1n) is 12.6. The molecule has 3 unspecified atom stereocenters. The van der Waals surface area contributed by atoms with Gasteiger partial charge in [-0.25, -0.2) is 12.7 Å². The van der Waals surface area contributed by atoms with Gasteiger partial charge < -0.3 is 4.74 Å². The molecule has 1 aromatic rings. The predicted molar refractivity (Wildman–Crippen MR) is 128 cm³/mol. The molecule has 2 saturated heterocycles. The van der Waals surface area contributed by atoms with Crippen LogP contribution in [0.4, 0.5) is 0 Å². The lowest BCUT2D eigenvalue weighted by molar-refractivity contribution is -0.136. The summed E-state index contributed by atoms with van der Waals surface area (Å²) in [5.41, 5.74) is 0.874. The fraction of sp³-hybridized carbons (Fsp3) is 0.731. The normalized spacial score (nSPS) is 36.4. The van der Waals surface area contributed by atoms with Crippen molar-refractivity contribution in [2.45, 2.75) is 71.6 Å². The number of fused-ring (bicyclic) bond motifs is 1. The van der Waals surface area contributed by atoms with Gasteiger partial charge in [0.05, 0.1) is 23.8 Å². The summed E-state index contributed by atoms with van der Waals surface area (Å²) in [6.45, 7) is 9.13. The molecule has 2 aliphatic heterocycles. The summed E-state index contributed by atoms with van der Waals surface area (Å²) in [6, 6.07) is 10.1. The van der Waals surface area contributed by atoms with E-state index in [2.05, 4.69) is 37.8 Å². The van der Waals surface area contributed by atoms with Crippen molar-refractivity contribution in [2.75, 3.05) is 25.4 Å². The summed E-state index contributed by atoms with van der Waals surface area (Å²) in [5.74, 6) is -0.0279. The number of carbonyl (C=O) groups excluding carboxylic acids is 1. The van der Waals surface area contributed by atoms with E-state index in [0.29, 0.717) is 25.6 Å². The fourth-order valence-corrected chi connectivity index (χ4v) is 9.93. The Morgan fingerprint density at radius 2 is 1.94 bits per heavy atom. The van der Waals surface area contributed by atoms with E-state index in [-0.39, 0.29) is 34.6 Å². The summed E-state index contributed by atoms with van der Waals surface area (Å²) >= 11 is 0. The molecule has 2 bridgehead atoms. The highest BCUT2D eigenvalue weighted by atomic mass is 32.2. The maximum absolute atomic E-state index is 14.0. The van der Waals surface area contributed by atoms with Crippen LogP contribution in [0.3, 0.4) is 0 Å². The molecule has 5 rings (SSSR count). The van der Waals surface area contributed by atoms with Gasteiger partial charge in [-0.2, -0.15) is 0 Å². The fourth-order valence-electron chi connectivity index (χ4n) is 7.35. The van der Waals surface area contributed by atoms with Gasteiger partial charge in [0.1, 0.15) is 0 Å². The largest absolute Gasteiger partial charge is 0.376 e. The Balaban J connectivity index is 1.39. The number of carbonyl (C=O) groups is 1. The van der Waals surface area contributed by atoms with Crippen LogP contribution < -0.4 is 0 Å². The van der Waals surface area contributed by atoms with Gasteiger partial charge in [0.2, 0.25) is 15.9 Å². The van der Waals surface area contributed by atoms with Crippen molar-refractivity contribution < 1.29 is 17.9 Å². The van der Waals surface area contributed by atoms with Crippen LogP contribution in [0.25, 0.3) is 0 Å². The van der Waals surface area contributed by atoms with Crippen LogP contribution in [0, 0.1) is 22.7 Å². The zero-order valence-electron chi connectivity index (χ0n) is 20.2. The number of unbranched alkanes of at least 4 members (excludes halogenated alkanes) is 1. The van der Waals surface area contributed by atoms with Crippen LogP contribution >= 0.6 is 0 Å². The molecular weight excluding hydrogens is 436 g/mol. The zero-order valence-corrected chi connectivity index (χ0v) is 21.0. The smallest absolute Gasteiger partial charge is 0.243 e. The Hall–Kier alpha value is -1.44. The maximum Gasteiger partial charge on any atom is 0.243 e. The highest BCUT2D eigenvalue weighted by molar-refractivity contribution is 7.90. The molecule has 1 amide bonds. The van der Waals surface area contributed by atoms with Crippen LogP contribution in [-0.4, -0.2) is 61.1 Å². The number of ether oxygens (including phenoxy) is 1. The zero-order chi connectivity index (χ0) is 23.4. The number of nitrogens with zero attached hydrogens (tertiary/aromatic N) is 2. The van der Waals surface area contributed by atoms with E-state index < -0.39 is 15.9 Å². The van der Waals surface area contributed by atoms with Crippen molar-refractivity contribution in [2.24, 2.45) is 22.7 Å². The minimum Gasteiger partial charge on any atom is -0.376 e. The number of benzene rings is 1. The van der Waals surface area contributed by atoms with Gasteiger partial charge in [-0.05, 0) is 42.6 Å². The molecule has 7 heteroatoms. The third-order valence-corrected chi connectivity index (χ3v) is 11.3. The lowest BCUT2D eigenvalue weighted by Crippen LogP contribution is -2.48. The molecule has 182 valence electrons. The molecule has 5 atom stereocenters. The SMILES string of the molecule is CCCCO[C@H]1CN(Cc2ccccc2)C[C@@H]1C(=O)N1C2CC3CCC2(CS1(=O)=O)C3(C)C. The molecular formula is C26H38N2O4S. The molecule has 6 nitrogen and oxygen atoms in total. The van der Waals surface area contributed by atoms with Crippen molar-refractivity contribution in [1.29, 1.82) is 0 Å². The summed E-state index contributed by atoms with van der Waals surface area (Å²) in [6.07, 6.45) is 4.53. The molecule has 0 radical (unpaired) electrons. The van der Waals surface area contributed by atoms with E-state index >= 15 is 0 Å². The molecule has 33 heavy (non-hydrogen) atoms. The number of rotatable bonds is 7. The van der Waals surface area contributed by atoms with Crippen LogP contribution in [0.2, 0.25) is 0 Å². The second-order valence-corrected chi connectivity index (χ2v) is 13.2. The Labute approximate surface area is 198 Å². The molecule has 2 aliphatic carbocycles. The van der Waals surface area contributed by atoms with E-state index in [1.807, 2.05) is 18.2 Å². The lowest BCUT2D eigenvalue weighted by atomic mass is 9.69. The minimum atomic E-state index is -3.61. The Bertz CT molecular complexity index is 995. The molecule has 1 aromatic carbocycles. The second-order valence-electron chi connectivity index (χ2n) is 11.3. The first-order valence-corrected chi connectivity index (χ1v) is 14.2. The molecule has 2 saturated carbocycles. The minimum absolute atomic E-state index is 0.0359.